The molecule has 1 aliphatic heterocycles. The maximum absolute atomic E-state index is 14.1. The summed E-state index contributed by atoms with van der Waals surface area (Å²) in [5, 5.41) is 7.47. The van der Waals surface area contributed by atoms with Gasteiger partial charge in [0.1, 0.15) is 24.0 Å². The van der Waals surface area contributed by atoms with E-state index in [2.05, 4.69) is 57.0 Å². The molecule has 2 aromatic heterocycles. The number of alkyl carbamates (subject to hydrolysis) is 2. The standard InChI is InChI=1S/C47H56N6O8/c1-8-60-28-18-34(43(55)40(24(4)5)53-47(57)59-7)35(19-28)45-49-36-15-13-25-17-33-29-14-12-26(16-27(29)22-61-38(33)20-32(25)41(36)51-45)37-21-48-44(50-37)31-11-9-10-30(31)42(54)39(23(2)3)52-46(56)58-6/h12-17,20-21,23-24,28,30-31,34-35,39-40H,8-11,18-19,22H2,1-7H3,(H,48,50)(H,49,51)(H,52,56)(H,53,57)/t28-,30?,31-,34?,35-,39+,40+/m1/s1. The van der Waals surface area contributed by atoms with Crippen LogP contribution in [0.3, 0.4) is 0 Å². The number of benzene rings is 3. The van der Waals surface area contributed by atoms with Gasteiger partial charge in [-0.25, -0.2) is 19.6 Å². The zero-order valence-corrected chi connectivity index (χ0v) is 35.9. The Morgan fingerprint density at radius 2 is 1.54 bits per heavy atom. The first-order chi connectivity index (χ1) is 29.4. The molecule has 3 heterocycles. The van der Waals surface area contributed by atoms with Crippen molar-refractivity contribution in [2.24, 2.45) is 23.7 Å². The minimum absolute atomic E-state index is 0.0164. The van der Waals surface area contributed by atoms with Crippen molar-refractivity contribution in [1.82, 2.24) is 30.6 Å². The van der Waals surface area contributed by atoms with Gasteiger partial charge >= 0.3 is 12.2 Å². The maximum Gasteiger partial charge on any atom is 0.407 e. The van der Waals surface area contributed by atoms with Crippen molar-refractivity contribution >= 4 is 45.6 Å². The monoisotopic (exact) mass is 832 g/mol. The first kappa shape index (κ1) is 42.0. The van der Waals surface area contributed by atoms with Gasteiger partial charge < -0.3 is 39.5 Å². The van der Waals surface area contributed by atoms with Crippen LogP contribution in [0.25, 0.3) is 44.2 Å². The number of rotatable bonds is 13. The molecule has 14 nitrogen and oxygen atoms in total. The van der Waals surface area contributed by atoms with Gasteiger partial charge in [-0.3, -0.25) is 9.59 Å². The molecule has 3 aliphatic rings. The number of ketones is 2. The van der Waals surface area contributed by atoms with Crippen LogP contribution in [0.2, 0.25) is 0 Å². The van der Waals surface area contributed by atoms with Gasteiger partial charge in [-0.2, -0.15) is 0 Å². The predicted octanol–water partition coefficient (Wildman–Crippen LogP) is 8.35. The number of methoxy groups -OCH3 is 2. The van der Waals surface area contributed by atoms with E-state index in [0.717, 1.165) is 86.4 Å². The summed E-state index contributed by atoms with van der Waals surface area (Å²) in [5.74, 6) is 1.10. The van der Waals surface area contributed by atoms with E-state index in [0.29, 0.717) is 26.1 Å². The number of carbonyl (C=O) groups is 4. The van der Waals surface area contributed by atoms with Crippen LogP contribution in [-0.2, 0) is 30.4 Å². The van der Waals surface area contributed by atoms with Crippen LogP contribution in [0.15, 0.2) is 48.7 Å². The van der Waals surface area contributed by atoms with Crippen molar-refractivity contribution in [2.75, 3.05) is 20.8 Å². The molecule has 322 valence electrons. The van der Waals surface area contributed by atoms with Gasteiger partial charge in [0.2, 0.25) is 0 Å². The third-order valence-electron chi connectivity index (χ3n) is 13.0. The van der Waals surface area contributed by atoms with Gasteiger partial charge in [0, 0.05) is 41.2 Å². The van der Waals surface area contributed by atoms with E-state index in [4.69, 9.17) is 28.9 Å². The summed E-state index contributed by atoms with van der Waals surface area (Å²) in [6, 6.07) is 13.4. The number of nitrogens with one attached hydrogen (secondary N) is 4. The number of hydrogen-bond acceptors (Lipinski definition) is 10. The van der Waals surface area contributed by atoms with Crippen molar-refractivity contribution in [2.45, 2.75) is 103 Å². The minimum Gasteiger partial charge on any atom is -0.488 e. The summed E-state index contributed by atoms with van der Waals surface area (Å²) in [7, 11) is 2.60. The van der Waals surface area contributed by atoms with Gasteiger partial charge in [0.25, 0.3) is 0 Å². The summed E-state index contributed by atoms with van der Waals surface area (Å²) < 4.78 is 22.1. The Morgan fingerprint density at radius 1 is 0.820 bits per heavy atom. The Bertz CT molecular complexity index is 2470. The normalized spacial score (nSPS) is 21.8. The summed E-state index contributed by atoms with van der Waals surface area (Å²) >= 11 is 0. The van der Waals surface area contributed by atoms with E-state index < -0.39 is 30.2 Å². The lowest BCUT2D eigenvalue weighted by Crippen LogP contribution is -2.47. The number of amides is 2. The average Bonchev–Trinajstić information content (AvgIpc) is 4.09. The van der Waals surface area contributed by atoms with Crippen LogP contribution in [0.1, 0.15) is 95.8 Å². The highest BCUT2D eigenvalue weighted by Gasteiger charge is 2.45. The second-order valence-electron chi connectivity index (χ2n) is 17.4. The number of imidazole rings is 2. The lowest BCUT2D eigenvalue weighted by atomic mass is 9.84. The fourth-order valence-corrected chi connectivity index (χ4v) is 9.89. The summed E-state index contributed by atoms with van der Waals surface area (Å²) in [6.45, 7) is 10.6. The summed E-state index contributed by atoms with van der Waals surface area (Å²) in [6.07, 6.45) is 4.17. The van der Waals surface area contributed by atoms with Crippen LogP contribution in [0.5, 0.6) is 5.75 Å². The molecule has 7 atom stereocenters. The van der Waals surface area contributed by atoms with Crippen molar-refractivity contribution in [1.29, 1.82) is 0 Å². The van der Waals surface area contributed by atoms with Gasteiger partial charge in [0.05, 0.1) is 55.3 Å². The molecule has 5 aromatic rings. The first-order valence-electron chi connectivity index (χ1n) is 21.5. The summed E-state index contributed by atoms with van der Waals surface area (Å²) in [4.78, 5) is 69.1. The minimum atomic E-state index is -0.700. The van der Waals surface area contributed by atoms with E-state index in [-0.39, 0.29) is 47.3 Å². The van der Waals surface area contributed by atoms with E-state index in [1.165, 1.54) is 14.2 Å². The van der Waals surface area contributed by atoms with E-state index in [1.807, 2.05) is 46.9 Å². The van der Waals surface area contributed by atoms with Crippen LogP contribution < -0.4 is 15.4 Å². The van der Waals surface area contributed by atoms with Crippen LogP contribution in [0, 0.1) is 23.7 Å². The molecule has 2 fully saturated rings. The number of nitrogens with zero attached hydrogens (tertiary/aromatic N) is 2. The number of hydrogen-bond donors (Lipinski definition) is 4. The molecule has 0 saturated heterocycles. The Labute approximate surface area is 355 Å². The Balaban J connectivity index is 1.05. The Hall–Kier alpha value is -5.76. The third-order valence-corrected chi connectivity index (χ3v) is 13.0. The number of carbonyl (C=O) groups excluding carboxylic acids is 4. The molecule has 0 spiro atoms. The van der Waals surface area contributed by atoms with E-state index in [1.54, 1.807) is 0 Å². The smallest absolute Gasteiger partial charge is 0.407 e. The molecule has 61 heavy (non-hydrogen) atoms. The highest BCUT2D eigenvalue weighted by Crippen LogP contribution is 2.46. The molecule has 4 N–H and O–H groups in total. The third kappa shape index (κ3) is 8.09. The Morgan fingerprint density at radius 3 is 2.23 bits per heavy atom. The number of aromatic nitrogens is 4. The summed E-state index contributed by atoms with van der Waals surface area (Å²) in [5.41, 5.74) is 6.64. The number of H-pyrrole nitrogens is 2. The number of aromatic amines is 2. The molecular weight excluding hydrogens is 777 g/mol. The molecule has 2 saturated carbocycles. The lowest BCUT2D eigenvalue weighted by Gasteiger charge is -2.26. The van der Waals surface area contributed by atoms with Gasteiger partial charge in [0.15, 0.2) is 11.6 Å². The highest BCUT2D eigenvalue weighted by molar-refractivity contribution is 6.07. The number of fused-ring (bicyclic) bond motifs is 6. The lowest BCUT2D eigenvalue weighted by molar-refractivity contribution is -0.127. The molecule has 14 heteroatoms. The molecule has 3 aromatic carbocycles. The second kappa shape index (κ2) is 17.3. The molecular formula is C47H56N6O8. The van der Waals surface area contributed by atoms with Crippen molar-refractivity contribution in [3.63, 3.8) is 0 Å². The van der Waals surface area contributed by atoms with Crippen LogP contribution in [-0.4, -0.2) is 82.7 Å². The van der Waals surface area contributed by atoms with Gasteiger partial charge in [-0.15, -0.1) is 0 Å². The van der Waals surface area contributed by atoms with Crippen LogP contribution >= 0.6 is 0 Å². The topological polar surface area (TPSA) is 187 Å². The first-order valence-corrected chi connectivity index (χ1v) is 21.5. The molecule has 2 aliphatic carbocycles. The molecule has 0 bridgehead atoms. The number of Topliss-reactive ketones (excluding diaryl/α,β-unsaturated/α-hetero) is 2. The molecule has 0 radical (unpaired) electrons. The SMILES string of the molecule is CCO[C@@H]1CC(C(=O)[C@@H](NC(=O)OC)C(C)C)[C@H](c2nc3c(ccc4cc5c(cc43)OCc3cc(-c4cnc([C@@H]6CCCC6C(=O)[C@@H](NC(=O)OC)C(C)C)[nH]4)ccc3-5)[nH]2)C1. The zero-order chi connectivity index (χ0) is 43.1. The largest absolute Gasteiger partial charge is 0.488 e. The Kier molecular flexibility index (Phi) is 11.9. The molecule has 8 rings (SSSR count). The predicted molar refractivity (Wildman–Crippen MR) is 230 cm³/mol. The van der Waals surface area contributed by atoms with Crippen molar-refractivity contribution in [3.05, 3.63) is 65.9 Å². The second-order valence-corrected chi connectivity index (χ2v) is 17.4. The van der Waals surface area contributed by atoms with Gasteiger partial charge in [-0.05, 0) is 90.8 Å². The molecule has 2 amide bonds. The zero-order valence-electron chi connectivity index (χ0n) is 35.9. The van der Waals surface area contributed by atoms with E-state index in [9.17, 15) is 19.2 Å². The van der Waals surface area contributed by atoms with Gasteiger partial charge in [-0.1, -0.05) is 52.3 Å². The van der Waals surface area contributed by atoms with Crippen LogP contribution in [0.4, 0.5) is 9.59 Å². The maximum atomic E-state index is 14.1. The van der Waals surface area contributed by atoms with Crippen molar-refractivity contribution in [3.8, 4) is 28.1 Å². The average molecular weight is 833 g/mol. The fourth-order valence-electron chi connectivity index (χ4n) is 9.89. The highest BCUT2D eigenvalue weighted by atomic mass is 16.5. The number of ether oxygens (including phenoxy) is 4. The van der Waals surface area contributed by atoms with E-state index >= 15 is 0 Å². The van der Waals surface area contributed by atoms with Crippen molar-refractivity contribution < 1.29 is 38.1 Å². The molecule has 2 unspecified atom stereocenters. The fraction of sp³-hybridized carbons (Fsp3) is 0.489. The quantitative estimate of drug-likeness (QED) is 0.0899.